The summed E-state index contributed by atoms with van der Waals surface area (Å²) in [6, 6.07) is 7.04. The van der Waals surface area contributed by atoms with E-state index in [1.54, 1.807) is 24.3 Å². The van der Waals surface area contributed by atoms with Crippen LogP contribution in [0.5, 0.6) is 0 Å². The van der Waals surface area contributed by atoms with E-state index in [-0.39, 0.29) is 5.44 Å². The third kappa shape index (κ3) is 3.36. The second-order valence-electron chi connectivity index (χ2n) is 5.12. The highest BCUT2D eigenvalue weighted by Gasteiger charge is 2.36. The predicted molar refractivity (Wildman–Crippen MR) is 91.2 cm³/mol. The van der Waals surface area contributed by atoms with E-state index in [0.29, 0.717) is 43.1 Å². The fourth-order valence-corrected chi connectivity index (χ4v) is 3.67. The standard InChI is InChI=1S/C15H18ClN2O5P/c1-20-24(19,21-2)14-15(18-7-9-22-10-8-18)23-13(17-14)11-3-5-12(16)6-4-11/h3-6H,7-10H2,1-2H3. The molecular weight excluding hydrogens is 355 g/mol. The summed E-state index contributed by atoms with van der Waals surface area (Å²) < 4.78 is 34.3. The van der Waals surface area contributed by atoms with E-state index in [9.17, 15) is 4.57 Å². The van der Waals surface area contributed by atoms with Gasteiger partial charge in [-0.05, 0) is 24.3 Å². The van der Waals surface area contributed by atoms with Gasteiger partial charge in [0, 0.05) is 37.9 Å². The lowest BCUT2D eigenvalue weighted by molar-refractivity contribution is 0.121. The van der Waals surface area contributed by atoms with E-state index in [1.165, 1.54) is 14.2 Å². The quantitative estimate of drug-likeness (QED) is 0.747. The molecule has 130 valence electrons. The van der Waals surface area contributed by atoms with Crippen LogP contribution < -0.4 is 10.3 Å². The number of ether oxygens (including phenoxy) is 1. The number of anilines is 1. The van der Waals surface area contributed by atoms with Crippen molar-refractivity contribution in [3.8, 4) is 11.5 Å². The molecule has 1 saturated heterocycles. The van der Waals surface area contributed by atoms with Gasteiger partial charge in [0.05, 0.1) is 13.2 Å². The molecule has 3 rings (SSSR count). The molecule has 0 atom stereocenters. The molecular formula is C15H18ClN2O5P. The Labute approximate surface area is 145 Å². The molecule has 7 nitrogen and oxygen atoms in total. The molecule has 9 heteroatoms. The molecule has 0 unspecified atom stereocenters. The molecule has 1 aliphatic heterocycles. The number of aromatic nitrogens is 1. The number of morpholine rings is 1. The summed E-state index contributed by atoms with van der Waals surface area (Å²) in [5.74, 6) is 0.716. The second-order valence-corrected chi connectivity index (χ2v) is 7.70. The Morgan fingerprint density at radius 2 is 1.79 bits per heavy atom. The maximum absolute atomic E-state index is 12.9. The zero-order valence-corrected chi connectivity index (χ0v) is 15.0. The Morgan fingerprint density at radius 3 is 2.38 bits per heavy atom. The first-order valence-electron chi connectivity index (χ1n) is 7.39. The van der Waals surface area contributed by atoms with Crippen molar-refractivity contribution in [2.45, 2.75) is 0 Å². The van der Waals surface area contributed by atoms with Crippen LogP contribution in [0.15, 0.2) is 28.7 Å². The van der Waals surface area contributed by atoms with E-state index in [2.05, 4.69) is 4.98 Å². The summed E-state index contributed by atoms with van der Waals surface area (Å²) in [5.41, 5.74) is 0.887. The Bertz CT molecular complexity index is 735. The van der Waals surface area contributed by atoms with Gasteiger partial charge in [-0.15, -0.1) is 0 Å². The highest BCUT2D eigenvalue weighted by Crippen LogP contribution is 2.48. The Morgan fingerprint density at radius 1 is 1.17 bits per heavy atom. The van der Waals surface area contributed by atoms with Gasteiger partial charge in [0.2, 0.25) is 17.2 Å². The lowest BCUT2D eigenvalue weighted by atomic mass is 10.2. The summed E-state index contributed by atoms with van der Waals surface area (Å²) in [4.78, 5) is 6.32. The minimum Gasteiger partial charge on any atom is -0.419 e. The van der Waals surface area contributed by atoms with E-state index in [4.69, 9.17) is 29.8 Å². The van der Waals surface area contributed by atoms with E-state index < -0.39 is 7.60 Å². The SMILES string of the molecule is COP(=O)(OC)c1nc(-c2ccc(Cl)cc2)oc1N1CCOCC1. The van der Waals surface area contributed by atoms with Gasteiger partial charge in [-0.25, -0.2) is 0 Å². The molecule has 0 radical (unpaired) electrons. The van der Waals surface area contributed by atoms with E-state index in [1.807, 2.05) is 4.90 Å². The fraction of sp³-hybridized carbons (Fsp3) is 0.400. The van der Waals surface area contributed by atoms with Gasteiger partial charge in [-0.1, -0.05) is 11.6 Å². The number of oxazole rings is 1. The summed E-state index contributed by atoms with van der Waals surface area (Å²) in [7, 11) is -0.913. The number of hydrogen-bond acceptors (Lipinski definition) is 7. The van der Waals surface area contributed by atoms with Gasteiger partial charge < -0.3 is 23.1 Å². The molecule has 24 heavy (non-hydrogen) atoms. The van der Waals surface area contributed by atoms with Crippen molar-refractivity contribution in [3.05, 3.63) is 29.3 Å². The van der Waals surface area contributed by atoms with Crippen LogP contribution in [0.25, 0.3) is 11.5 Å². The van der Waals surface area contributed by atoms with Crippen molar-refractivity contribution in [2.24, 2.45) is 0 Å². The van der Waals surface area contributed by atoms with Crippen LogP contribution >= 0.6 is 19.2 Å². The number of halogens is 1. The Hall–Kier alpha value is -1.37. The molecule has 0 spiro atoms. The average Bonchev–Trinajstić information content (AvgIpc) is 3.08. The number of rotatable bonds is 5. The lowest BCUT2D eigenvalue weighted by Gasteiger charge is -2.27. The van der Waals surface area contributed by atoms with E-state index >= 15 is 0 Å². The maximum atomic E-state index is 12.9. The number of benzene rings is 1. The largest absolute Gasteiger partial charge is 0.419 e. The summed E-state index contributed by atoms with van der Waals surface area (Å²) in [6.45, 7) is 2.33. The molecule has 1 aromatic heterocycles. The maximum Gasteiger partial charge on any atom is 0.384 e. The van der Waals surface area contributed by atoms with Crippen LogP contribution in [-0.4, -0.2) is 45.5 Å². The van der Waals surface area contributed by atoms with Gasteiger partial charge in [-0.2, -0.15) is 4.98 Å². The smallest absolute Gasteiger partial charge is 0.384 e. The molecule has 1 aliphatic rings. The summed E-state index contributed by atoms with van der Waals surface area (Å²) in [5, 5.41) is 0.610. The van der Waals surface area contributed by atoms with Crippen molar-refractivity contribution in [1.82, 2.24) is 4.98 Å². The first kappa shape index (κ1) is 17.5. The average molecular weight is 373 g/mol. The van der Waals surface area contributed by atoms with Crippen LogP contribution in [0.4, 0.5) is 5.88 Å². The Balaban J connectivity index is 2.07. The van der Waals surface area contributed by atoms with Gasteiger partial charge in [0.25, 0.3) is 0 Å². The molecule has 0 N–H and O–H groups in total. The first-order chi connectivity index (χ1) is 11.6. The third-order valence-electron chi connectivity index (χ3n) is 3.72. The summed E-state index contributed by atoms with van der Waals surface area (Å²) in [6.07, 6.45) is 0. The monoisotopic (exact) mass is 372 g/mol. The van der Waals surface area contributed by atoms with Gasteiger partial charge in [0.15, 0.2) is 0 Å². The van der Waals surface area contributed by atoms with Gasteiger partial charge >= 0.3 is 7.60 Å². The molecule has 0 saturated carbocycles. The van der Waals surface area contributed by atoms with Crippen LogP contribution in [0.3, 0.4) is 0 Å². The number of nitrogens with zero attached hydrogens (tertiary/aromatic N) is 2. The van der Waals surface area contributed by atoms with Crippen LogP contribution in [-0.2, 0) is 18.3 Å². The van der Waals surface area contributed by atoms with Crippen molar-refractivity contribution >= 4 is 30.5 Å². The van der Waals surface area contributed by atoms with Crippen molar-refractivity contribution in [2.75, 3.05) is 45.4 Å². The highest BCUT2D eigenvalue weighted by atomic mass is 35.5. The van der Waals surface area contributed by atoms with E-state index in [0.717, 1.165) is 5.56 Å². The predicted octanol–water partition coefficient (Wildman–Crippen LogP) is 2.94. The molecule has 1 fully saturated rings. The lowest BCUT2D eigenvalue weighted by Crippen LogP contribution is -2.38. The second kappa shape index (κ2) is 7.25. The molecule has 0 amide bonds. The van der Waals surface area contributed by atoms with Crippen LogP contribution in [0.2, 0.25) is 5.02 Å². The zero-order valence-electron chi connectivity index (χ0n) is 13.4. The van der Waals surface area contributed by atoms with Crippen molar-refractivity contribution < 1.29 is 22.8 Å². The third-order valence-corrected chi connectivity index (χ3v) is 5.75. The molecule has 1 aromatic carbocycles. The molecule has 2 aromatic rings. The first-order valence-corrected chi connectivity index (χ1v) is 9.31. The van der Waals surface area contributed by atoms with Crippen molar-refractivity contribution in [3.63, 3.8) is 0 Å². The molecule has 0 aliphatic carbocycles. The highest BCUT2D eigenvalue weighted by molar-refractivity contribution is 7.62. The Kier molecular flexibility index (Phi) is 5.27. The number of hydrogen-bond donors (Lipinski definition) is 0. The van der Waals surface area contributed by atoms with Gasteiger partial charge in [-0.3, -0.25) is 4.57 Å². The van der Waals surface area contributed by atoms with Crippen LogP contribution in [0, 0.1) is 0 Å². The summed E-state index contributed by atoms with van der Waals surface area (Å²) >= 11 is 5.92. The molecule has 2 heterocycles. The van der Waals surface area contributed by atoms with Gasteiger partial charge in [0.1, 0.15) is 0 Å². The minimum absolute atomic E-state index is 0.166. The van der Waals surface area contributed by atoms with Crippen molar-refractivity contribution in [1.29, 1.82) is 0 Å². The normalized spacial score (nSPS) is 15.7. The topological polar surface area (TPSA) is 74.0 Å². The molecule has 0 bridgehead atoms. The zero-order chi connectivity index (χ0) is 17.2. The minimum atomic E-state index is -3.56. The fourth-order valence-electron chi connectivity index (χ4n) is 2.42. The van der Waals surface area contributed by atoms with Crippen LogP contribution in [0.1, 0.15) is 0 Å².